The van der Waals surface area contributed by atoms with Crippen LogP contribution >= 0.6 is 0 Å². The molecule has 3 saturated heterocycles. The summed E-state index contributed by atoms with van der Waals surface area (Å²) >= 11 is 0. The van der Waals surface area contributed by atoms with Crippen molar-refractivity contribution in [2.75, 3.05) is 64.0 Å². The van der Waals surface area contributed by atoms with Gasteiger partial charge in [-0.25, -0.2) is 8.42 Å². The third kappa shape index (κ3) is 5.70. The molecule has 0 aromatic heterocycles. The second kappa shape index (κ2) is 11.0. The summed E-state index contributed by atoms with van der Waals surface area (Å²) in [7, 11) is 0.290. The van der Waals surface area contributed by atoms with Crippen LogP contribution < -0.4 is 9.64 Å². The van der Waals surface area contributed by atoms with Gasteiger partial charge in [0.25, 0.3) is 0 Å². The maximum atomic E-state index is 13.4. The Bertz CT molecular complexity index is 1510. The Morgan fingerprint density at radius 3 is 2.17 bits per heavy atom. The maximum Gasteiger partial charge on any atom is 0.179 e. The van der Waals surface area contributed by atoms with Gasteiger partial charge >= 0.3 is 0 Å². The number of hydrogen-bond acceptors (Lipinski definition) is 6. The Morgan fingerprint density at radius 1 is 0.929 bits per heavy atom. The van der Waals surface area contributed by atoms with E-state index >= 15 is 0 Å². The van der Waals surface area contributed by atoms with Crippen LogP contribution in [-0.4, -0.2) is 88.1 Å². The number of rotatable bonds is 7. The number of fused-ring (bicyclic) bond motifs is 4. The van der Waals surface area contributed by atoms with Gasteiger partial charge in [0, 0.05) is 56.3 Å². The highest BCUT2D eigenvalue weighted by atomic mass is 32.2. The molecule has 42 heavy (non-hydrogen) atoms. The van der Waals surface area contributed by atoms with Crippen LogP contribution in [0.3, 0.4) is 0 Å². The smallest absolute Gasteiger partial charge is 0.179 e. The van der Waals surface area contributed by atoms with Crippen LogP contribution in [0, 0.1) is 5.41 Å². The lowest BCUT2D eigenvalue weighted by Gasteiger charge is -2.50. The van der Waals surface area contributed by atoms with Crippen molar-refractivity contribution in [2.24, 2.45) is 5.41 Å². The molecule has 3 aromatic rings. The highest BCUT2D eigenvalue weighted by Gasteiger charge is 2.45. The van der Waals surface area contributed by atoms with Crippen LogP contribution in [0.1, 0.15) is 42.0 Å². The standard InChI is InChI=1S/C34H44N3O4S/c1-34(2)24-42(39,40)31-14-11-28(35(3)4)21-30(31)32(33(34)38)27-9-12-29(13-10-27)41-23-26-7-5-25(6-8-26)22-37-18-15-36(16-19-37)17-20-37/h5-14,21,32-33,38H,15-20,22-24H2,1-4H3/q+1/t32-,33-/m0/s1. The van der Waals surface area contributed by atoms with Crippen molar-refractivity contribution in [3.8, 4) is 5.75 Å². The first-order valence-electron chi connectivity index (χ1n) is 15.0. The molecule has 3 aromatic carbocycles. The molecule has 7 rings (SSSR count). The summed E-state index contributed by atoms with van der Waals surface area (Å²) in [5.74, 6) is 0.150. The van der Waals surface area contributed by atoms with Gasteiger partial charge in [0.05, 0.1) is 36.4 Å². The number of sulfone groups is 1. The highest BCUT2D eigenvalue weighted by Crippen LogP contribution is 2.45. The Hall–Kier alpha value is -2.91. The summed E-state index contributed by atoms with van der Waals surface area (Å²) in [5.41, 5.74) is 4.10. The van der Waals surface area contributed by atoms with Crippen molar-refractivity contribution in [1.29, 1.82) is 0 Å². The Morgan fingerprint density at radius 2 is 1.55 bits per heavy atom. The Kier molecular flexibility index (Phi) is 7.63. The van der Waals surface area contributed by atoms with Gasteiger partial charge in [-0.05, 0) is 47.0 Å². The minimum absolute atomic E-state index is 0.107. The molecule has 0 amide bonds. The summed E-state index contributed by atoms with van der Waals surface area (Å²) in [5, 5.41) is 11.6. The van der Waals surface area contributed by atoms with E-state index in [0.717, 1.165) is 29.1 Å². The van der Waals surface area contributed by atoms with Crippen molar-refractivity contribution < 1.29 is 22.7 Å². The number of anilines is 1. The number of ether oxygens (including phenoxy) is 1. The summed E-state index contributed by atoms with van der Waals surface area (Å²) in [4.78, 5) is 4.84. The summed E-state index contributed by atoms with van der Waals surface area (Å²) in [6.07, 6.45) is -0.879. The third-order valence-corrected chi connectivity index (χ3v) is 11.9. The molecule has 2 bridgehead atoms. The van der Waals surface area contributed by atoms with Gasteiger partial charge in [0.2, 0.25) is 0 Å². The topological polar surface area (TPSA) is 70.1 Å². The van der Waals surface area contributed by atoms with Gasteiger partial charge < -0.3 is 19.2 Å². The first-order chi connectivity index (χ1) is 19.9. The van der Waals surface area contributed by atoms with E-state index in [0.29, 0.717) is 17.1 Å². The normalized spacial score (nSPS) is 27.6. The molecule has 224 valence electrons. The first kappa shape index (κ1) is 29.2. The fourth-order valence-electron chi connectivity index (χ4n) is 7.01. The molecule has 7 nitrogen and oxygen atoms in total. The minimum atomic E-state index is -3.57. The van der Waals surface area contributed by atoms with Gasteiger partial charge in [-0.1, -0.05) is 50.2 Å². The second-order valence-corrected chi connectivity index (χ2v) is 15.4. The summed E-state index contributed by atoms with van der Waals surface area (Å²) < 4.78 is 34.1. The average Bonchev–Trinajstić information content (AvgIpc) is 3.03. The number of aliphatic hydroxyl groups excluding tert-OH is 1. The predicted molar refractivity (Wildman–Crippen MR) is 167 cm³/mol. The van der Waals surface area contributed by atoms with Crippen molar-refractivity contribution in [3.05, 3.63) is 89.0 Å². The van der Waals surface area contributed by atoms with Gasteiger partial charge in [-0.15, -0.1) is 0 Å². The number of hydrogen-bond donors (Lipinski definition) is 1. The van der Waals surface area contributed by atoms with Crippen LogP contribution in [0.25, 0.3) is 0 Å². The molecule has 0 aliphatic carbocycles. The number of aliphatic hydroxyl groups is 1. The molecular weight excluding hydrogens is 546 g/mol. The van der Waals surface area contributed by atoms with E-state index in [1.54, 1.807) is 6.07 Å². The molecule has 4 heterocycles. The van der Waals surface area contributed by atoms with E-state index < -0.39 is 27.3 Å². The zero-order chi connectivity index (χ0) is 29.7. The minimum Gasteiger partial charge on any atom is -0.489 e. The average molecular weight is 591 g/mol. The SMILES string of the molecule is CN(C)c1ccc2c(c1)[C@H](c1ccc(OCc3ccc(C[N+]45CCN(CC4)CC5)cc3)cc1)[C@H](O)C(C)(C)CS2(=O)=O. The molecule has 0 saturated carbocycles. The number of benzene rings is 3. The quantitative estimate of drug-likeness (QED) is 0.415. The van der Waals surface area contributed by atoms with E-state index in [4.69, 9.17) is 4.74 Å². The molecule has 3 fully saturated rings. The van der Waals surface area contributed by atoms with E-state index in [-0.39, 0.29) is 5.75 Å². The highest BCUT2D eigenvalue weighted by molar-refractivity contribution is 7.91. The van der Waals surface area contributed by atoms with Crippen molar-refractivity contribution >= 4 is 15.5 Å². The molecular formula is C34H44N3O4S+. The monoisotopic (exact) mass is 590 g/mol. The first-order valence-corrected chi connectivity index (χ1v) is 16.7. The zero-order valence-corrected chi connectivity index (χ0v) is 26.1. The Labute approximate surface area is 250 Å². The van der Waals surface area contributed by atoms with E-state index in [2.05, 4.69) is 29.2 Å². The van der Waals surface area contributed by atoms with Crippen molar-refractivity contribution in [3.63, 3.8) is 0 Å². The third-order valence-electron chi connectivity index (χ3n) is 9.72. The number of nitrogens with zero attached hydrogens (tertiary/aromatic N) is 3. The molecule has 2 atom stereocenters. The van der Waals surface area contributed by atoms with E-state index in [1.807, 2.05) is 69.2 Å². The molecule has 8 heteroatoms. The lowest BCUT2D eigenvalue weighted by molar-refractivity contribution is -0.953. The van der Waals surface area contributed by atoms with Crippen LogP contribution in [0.5, 0.6) is 5.75 Å². The van der Waals surface area contributed by atoms with Gasteiger partial charge in [0.15, 0.2) is 9.84 Å². The van der Waals surface area contributed by atoms with Gasteiger partial charge in [-0.2, -0.15) is 0 Å². The molecule has 4 aliphatic rings. The molecule has 0 spiro atoms. The van der Waals surface area contributed by atoms with Gasteiger partial charge in [-0.3, -0.25) is 4.90 Å². The number of quaternary nitrogens is 1. The van der Waals surface area contributed by atoms with Crippen molar-refractivity contribution in [2.45, 2.75) is 43.9 Å². The molecule has 0 unspecified atom stereocenters. The molecule has 4 aliphatic heterocycles. The largest absolute Gasteiger partial charge is 0.489 e. The fraction of sp³-hybridized carbons (Fsp3) is 0.471. The second-order valence-electron chi connectivity index (χ2n) is 13.5. The predicted octanol–water partition coefficient (Wildman–Crippen LogP) is 4.28. The van der Waals surface area contributed by atoms with E-state index in [1.165, 1.54) is 49.3 Å². The molecule has 1 N–H and O–H groups in total. The maximum absolute atomic E-state index is 13.4. The lowest BCUT2D eigenvalue weighted by atomic mass is 9.75. The van der Waals surface area contributed by atoms with Crippen LogP contribution in [0.2, 0.25) is 0 Å². The lowest BCUT2D eigenvalue weighted by Crippen LogP contribution is -2.66. The Balaban J connectivity index is 1.18. The fourth-order valence-corrected chi connectivity index (χ4v) is 9.14. The summed E-state index contributed by atoms with van der Waals surface area (Å²) in [6.45, 7) is 12.7. The summed E-state index contributed by atoms with van der Waals surface area (Å²) in [6, 6.07) is 22.0. The van der Waals surface area contributed by atoms with E-state index in [9.17, 15) is 13.5 Å². The van der Waals surface area contributed by atoms with Crippen LogP contribution in [-0.2, 0) is 23.0 Å². The van der Waals surface area contributed by atoms with Crippen LogP contribution in [0.15, 0.2) is 71.6 Å². The molecule has 0 radical (unpaired) electrons. The zero-order valence-electron chi connectivity index (χ0n) is 25.3. The van der Waals surface area contributed by atoms with Crippen LogP contribution in [0.4, 0.5) is 5.69 Å². The number of piperazine rings is 3. The van der Waals surface area contributed by atoms with Gasteiger partial charge in [0.1, 0.15) is 18.9 Å². The van der Waals surface area contributed by atoms with Crippen molar-refractivity contribution in [1.82, 2.24) is 4.90 Å².